The summed E-state index contributed by atoms with van der Waals surface area (Å²) in [6.07, 6.45) is 0. The van der Waals surface area contributed by atoms with Crippen molar-refractivity contribution in [2.24, 2.45) is 4.99 Å². The first-order chi connectivity index (χ1) is 10.6. The van der Waals surface area contributed by atoms with Gasteiger partial charge in [-0.1, -0.05) is 30.3 Å². The van der Waals surface area contributed by atoms with Gasteiger partial charge < -0.3 is 10.2 Å². The molecule has 0 fully saturated rings. The molecule has 2 aromatic rings. The van der Waals surface area contributed by atoms with Gasteiger partial charge >= 0.3 is 0 Å². The average molecular weight is 444 g/mol. The summed E-state index contributed by atoms with van der Waals surface area (Å²) in [5.41, 5.74) is 2.37. The molecule has 0 amide bonds. The third kappa shape index (κ3) is 6.10. The molecule has 23 heavy (non-hydrogen) atoms. The van der Waals surface area contributed by atoms with Crippen molar-refractivity contribution in [1.29, 1.82) is 0 Å². The topological polar surface area (TPSA) is 40.5 Å². The summed E-state index contributed by atoms with van der Waals surface area (Å²) in [4.78, 5) is 12.6. The molecule has 6 heteroatoms. The van der Waals surface area contributed by atoms with Gasteiger partial charge in [0.15, 0.2) is 5.96 Å². The van der Waals surface area contributed by atoms with Gasteiger partial charge in [-0.25, -0.2) is 9.98 Å². The molecule has 0 saturated heterocycles. The predicted octanol–water partition coefficient (Wildman–Crippen LogP) is 3.98. The zero-order chi connectivity index (χ0) is 15.9. The van der Waals surface area contributed by atoms with Gasteiger partial charge in [0.1, 0.15) is 0 Å². The van der Waals surface area contributed by atoms with Gasteiger partial charge in [-0.15, -0.1) is 35.3 Å². The number of aliphatic imine (C=N–C) groups is 1. The van der Waals surface area contributed by atoms with Crippen molar-refractivity contribution < 1.29 is 0 Å². The summed E-state index contributed by atoms with van der Waals surface area (Å²) in [7, 11) is 2.07. The molecule has 4 nitrogen and oxygen atoms in total. The first-order valence-electron chi connectivity index (χ1n) is 7.56. The number of benzene rings is 1. The van der Waals surface area contributed by atoms with Crippen LogP contribution in [0.3, 0.4) is 0 Å². The lowest BCUT2D eigenvalue weighted by atomic mass is 10.2. The van der Waals surface area contributed by atoms with Crippen molar-refractivity contribution in [3.8, 4) is 0 Å². The molecule has 0 unspecified atom stereocenters. The van der Waals surface area contributed by atoms with Crippen LogP contribution in [0.2, 0.25) is 0 Å². The van der Waals surface area contributed by atoms with E-state index >= 15 is 0 Å². The zero-order valence-corrected chi connectivity index (χ0v) is 17.3. The number of thiazole rings is 1. The molecular formula is C17H25IN4S. The van der Waals surface area contributed by atoms with Crippen LogP contribution in [0.5, 0.6) is 0 Å². The molecule has 0 spiro atoms. The fraction of sp³-hybridized carbons (Fsp3) is 0.412. The van der Waals surface area contributed by atoms with Crippen molar-refractivity contribution >= 4 is 41.3 Å². The Morgan fingerprint density at radius 2 is 1.96 bits per heavy atom. The Kier molecular flexibility index (Phi) is 8.54. The van der Waals surface area contributed by atoms with E-state index in [1.165, 1.54) is 10.4 Å². The highest BCUT2D eigenvalue weighted by molar-refractivity contribution is 14.0. The Bertz CT molecular complexity index is 625. The molecule has 1 aromatic carbocycles. The van der Waals surface area contributed by atoms with E-state index in [4.69, 9.17) is 4.99 Å². The van der Waals surface area contributed by atoms with Gasteiger partial charge in [-0.2, -0.15) is 0 Å². The van der Waals surface area contributed by atoms with Crippen LogP contribution in [0.15, 0.2) is 35.3 Å². The van der Waals surface area contributed by atoms with Crippen LogP contribution in [0.4, 0.5) is 0 Å². The lowest BCUT2D eigenvalue weighted by Crippen LogP contribution is -2.38. The smallest absolute Gasteiger partial charge is 0.194 e. The lowest BCUT2D eigenvalue weighted by Gasteiger charge is -2.22. The quantitative estimate of drug-likeness (QED) is 0.431. The maximum Gasteiger partial charge on any atom is 0.194 e. The summed E-state index contributed by atoms with van der Waals surface area (Å²) in [5, 5.41) is 4.46. The summed E-state index contributed by atoms with van der Waals surface area (Å²) < 4.78 is 0. The van der Waals surface area contributed by atoms with Crippen molar-refractivity contribution in [1.82, 2.24) is 15.2 Å². The van der Waals surface area contributed by atoms with E-state index in [0.29, 0.717) is 6.54 Å². The van der Waals surface area contributed by atoms with Gasteiger partial charge in [0.05, 0.1) is 17.2 Å². The highest BCUT2D eigenvalue weighted by atomic mass is 127. The number of halogens is 1. The van der Waals surface area contributed by atoms with Crippen LogP contribution in [-0.4, -0.2) is 29.4 Å². The number of guanidine groups is 1. The Morgan fingerprint density at radius 3 is 2.52 bits per heavy atom. The summed E-state index contributed by atoms with van der Waals surface area (Å²) in [6, 6.07) is 10.4. The van der Waals surface area contributed by atoms with Gasteiger partial charge in [0.25, 0.3) is 0 Å². The highest BCUT2D eigenvalue weighted by Gasteiger charge is 2.08. The van der Waals surface area contributed by atoms with E-state index in [9.17, 15) is 0 Å². The number of aromatic nitrogens is 1. The Morgan fingerprint density at radius 1 is 1.26 bits per heavy atom. The number of nitrogens with one attached hydrogen (secondary N) is 1. The molecule has 0 aliphatic carbocycles. The van der Waals surface area contributed by atoms with Crippen molar-refractivity contribution in [2.45, 2.75) is 33.9 Å². The molecule has 1 N–H and O–H groups in total. The lowest BCUT2D eigenvalue weighted by molar-refractivity contribution is 0.477. The second-order valence-electron chi connectivity index (χ2n) is 5.25. The molecule has 1 aromatic heterocycles. The number of hydrogen-bond acceptors (Lipinski definition) is 3. The highest BCUT2D eigenvalue weighted by Crippen LogP contribution is 2.18. The molecule has 0 aliphatic rings. The van der Waals surface area contributed by atoms with E-state index in [-0.39, 0.29) is 24.0 Å². The van der Waals surface area contributed by atoms with Crippen LogP contribution in [0.25, 0.3) is 0 Å². The molecule has 0 radical (unpaired) electrons. The number of hydrogen-bond donors (Lipinski definition) is 1. The van der Waals surface area contributed by atoms with Crippen LogP contribution < -0.4 is 5.32 Å². The summed E-state index contributed by atoms with van der Waals surface area (Å²) >= 11 is 1.73. The summed E-state index contributed by atoms with van der Waals surface area (Å²) in [6.45, 7) is 8.56. The molecule has 2 rings (SSSR count). The van der Waals surface area contributed by atoms with Gasteiger partial charge in [-0.05, 0) is 26.3 Å². The fourth-order valence-corrected chi connectivity index (χ4v) is 3.13. The Hall–Kier alpha value is -1.15. The Labute approximate surface area is 160 Å². The first-order valence-corrected chi connectivity index (χ1v) is 8.38. The van der Waals surface area contributed by atoms with E-state index in [1.807, 2.05) is 13.0 Å². The van der Waals surface area contributed by atoms with Crippen molar-refractivity contribution in [3.05, 3.63) is 51.5 Å². The molecule has 0 aliphatic heterocycles. The minimum absolute atomic E-state index is 0. The standard InChI is InChI=1S/C17H24N4S.HI/c1-5-18-17(19-11-16-13(2)20-14(3)22-16)21(4)12-15-9-7-6-8-10-15;/h6-10H,5,11-12H2,1-4H3,(H,18,19);1H. The normalized spacial score (nSPS) is 11.0. The zero-order valence-electron chi connectivity index (χ0n) is 14.2. The fourth-order valence-electron chi connectivity index (χ4n) is 2.27. The second-order valence-corrected chi connectivity index (χ2v) is 6.54. The van der Waals surface area contributed by atoms with Crippen LogP contribution >= 0.6 is 35.3 Å². The van der Waals surface area contributed by atoms with E-state index in [0.717, 1.165) is 29.8 Å². The number of aryl methyl sites for hydroxylation is 2. The molecule has 0 atom stereocenters. The van der Waals surface area contributed by atoms with Crippen LogP contribution in [-0.2, 0) is 13.1 Å². The van der Waals surface area contributed by atoms with Gasteiger partial charge in [0.2, 0.25) is 0 Å². The number of nitrogens with zero attached hydrogens (tertiary/aromatic N) is 3. The third-order valence-corrected chi connectivity index (χ3v) is 4.39. The molecule has 1 heterocycles. The minimum atomic E-state index is 0. The largest absolute Gasteiger partial charge is 0.357 e. The van der Waals surface area contributed by atoms with Gasteiger partial charge in [-0.3, -0.25) is 0 Å². The molecule has 0 saturated carbocycles. The maximum atomic E-state index is 4.76. The molecular weight excluding hydrogens is 419 g/mol. The minimum Gasteiger partial charge on any atom is -0.357 e. The third-order valence-electron chi connectivity index (χ3n) is 3.33. The second kappa shape index (κ2) is 9.87. The van der Waals surface area contributed by atoms with Crippen LogP contribution in [0, 0.1) is 13.8 Å². The van der Waals surface area contributed by atoms with E-state index in [1.54, 1.807) is 11.3 Å². The predicted molar refractivity (Wildman–Crippen MR) is 110 cm³/mol. The van der Waals surface area contributed by atoms with Crippen molar-refractivity contribution in [2.75, 3.05) is 13.6 Å². The van der Waals surface area contributed by atoms with E-state index < -0.39 is 0 Å². The van der Waals surface area contributed by atoms with Gasteiger partial charge in [0, 0.05) is 25.0 Å². The van der Waals surface area contributed by atoms with E-state index in [2.05, 4.69) is 60.4 Å². The van der Waals surface area contributed by atoms with Crippen LogP contribution in [0.1, 0.15) is 28.1 Å². The number of rotatable bonds is 5. The maximum absolute atomic E-state index is 4.76. The monoisotopic (exact) mass is 444 g/mol. The molecule has 0 bridgehead atoms. The first kappa shape index (κ1) is 19.9. The SMILES string of the molecule is CCNC(=NCc1sc(C)nc1C)N(C)Cc1ccccc1.I. The summed E-state index contributed by atoms with van der Waals surface area (Å²) in [5.74, 6) is 0.928. The Balaban J connectivity index is 0.00000264. The van der Waals surface area contributed by atoms with Crippen molar-refractivity contribution in [3.63, 3.8) is 0 Å². The average Bonchev–Trinajstić information content (AvgIpc) is 2.82. The molecule has 126 valence electrons.